The van der Waals surface area contributed by atoms with Gasteiger partial charge in [0.2, 0.25) is 0 Å². The number of nitrogens with one attached hydrogen (secondary N) is 1. The molecule has 2 aliphatic carbocycles. The lowest BCUT2D eigenvalue weighted by molar-refractivity contribution is -0.870. The molecule has 0 aromatic carbocycles. The SMILES string of the molecule is C=C(C)C(=O)[C@H](CC1=CC=C(n2cc(CCCCC[N+](C)(C)C)nn2)C2CC12)NC.CCC.[HH]. The molecule has 2 aliphatic rings. The first-order valence-corrected chi connectivity index (χ1v) is 12.6. The molecule has 0 radical (unpaired) electrons. The average molecular weight is 459 g/mol. The fraction of sp³-hybridized carbons (Fsp3) is 0.667. The van der Waals surface area contributed by atoms with Gasteiger partial charge in [0.05, 0.1) is 45.6 Å². The molecule has 1 fully saturated rings. The number of fused-ring (bicyclic) bond motifs is 1. The van der Waals surface area contributed by atoms with Crippen LogP contribution in [0.3, 0.4) is 0 Å². The standard InChI is InChI=1S/C24H38N5O.C3H8.H2/c1-17(2)24(30)22(25-3)14-18-11-12-23(21-15-20(18)21)28-16-19(26-27-28)10-8-7-9-13-29(4,5)6;1-3-2;/h11-12,16,20-22,25H,1,7-10,13-15H2,2-6H3;3H2,1-2H3;1H/q+1;;/t20?,21?,22-;;/m0../s1. The number of unbranched alkanes of at least 4 members (excludes halogenated alkanes) is 2. The summed E-state index contributed by atoms with van der Waals surface area (Å²) in [6.45, 7) is 11.0. The third-order valence-electron chi connectivity index (χ3n) is 6.21. The molecule has 0 spiro atoms. The van der Waals surface area contributed by atoms with Gasteiger partial charge < -0.3 is 9.80 Å². The van der Waals surface area contributed by atoms with E-state index in [0.29, 0.717) is 17.4 Å². The Labute approximate surface area is 202 Å². The Morgan fingerprint density at radius 3 is 2.55 bits per heavy atom. The van der Waals surface area contributed by atoms with Crippen LogP contribution < -0.4 is 5.32 Å². The van der Waals surface area contributed by atoms with E-state index in [-0.39, 0.29) is 13.3 Å². The van der Waals surface area contributed by atoms with Crippen LogP contribution in [0, 0.1) is 11.8 Å². The number of Topliss-reactive ketones (excluding diaryl/α,β-unsaturated/α-hetero) is 1. The number of hydrogen-bond donors (Lipinski definition) is 1. The molecule has 1 N–H and O–H groups in total. The van der Waals surface area contributed by atoms with Crippen molar-refractivity contribution in [3.8, 4) is 0 Å². The maximum Gasteiger partial charge on any atom is 0.175 e. The van der Waals surface area contributed by atoms with Crippen LogP contribution in [0.5, 0.6) is 0 Å². The number of ketones is 1. The Morgan fingerprint density at radius 2 is 1.94 bits per heavy atom. The van der Waals surface area contributed by atoms with Gasteiger partial charge in [0.25, 0.3) is 0 Å². The van der Waals surface area contributed by atoms with Gasteiger partial charge in [-0.15, -0.1) is 5.10 Å². The largest absolute Gasteiger partial charge is 0.331 e. The van der Waals surface area contributed by atoms with Crippen molar-refractivity contribution in [3.63, 3.8) is 0 Å². The second kappa shape index (κ2) is 12.4. The molecule has 0 aliphatic heterocycles. The van der Waals surface area contributed by atoms with Crippen LogP contribution in [0.1, 0.15) is 66.4 Å². The summed E-state index contributed by atoms with van der Waals surface area (Å²) in [5.74, 6) is 1.14. The van der Waals surface area contributed by atoms with Gasteiger partial charge in [-0.2, -0.15) is 0 Å². The summed E-state index contributed by atoms with van der Waals surface area (Å²) < 4.78 is 2.99. The summed E-state index contributed by atoms with van der Waals surface area (Å²) in [5.41, 5.74) is 4.28. The Balaban J connectivity index is 0.00000137. The molecule has 1 saturated carbocycles. The van der Waals surface area contributed by atoms with E-state index in [2.05, 4.69) is 75.5 Å². The van der Waals surface area contributed by atoms with Crippen LogP contribution in [-0.2, 0) is 11.2 Å². The van der Waals surface area contributed by atoms with Gasteiger partial charge >= 0.3 is 0 Å². The van der Waals surface area contributed by atoms with Crippen LogP contribution in [-0.4, -0.2) is 66.0 Å². The number of allylic oxidation sites excluding steroid dienone is 3. The topological polar surface area (TPSA) is 59.8 Å². The maximum absolute atomic E-state index is 12.3. The highest BCUT2D eigenvalue weighted by Crippen LogP contribution is 2.53. The van der Waals surface area contributed by atoms with Crippen LogP contribution in [0.15, 0.2) is 36.1 Å². The number of carbonyl (C=O) groups excluding carboxylic acids is 1. The van der Waals surface area contributed by atoms with Crippen LogP contribution in [0.4, 0.5) is 0 Å². The molecule has 6 heteroatoms. The number of hydrogen-bond acceptors (Lipinski definition) is 4. The summed E-state index contributed by atoms with van der Waals surface area (Å²) >= 11 is 0. The van der Waals surface area contributed by atoms with Crippen molar-refractivity contribution in [2.45, 2.75) is 71.8 Å². The molecule has 6 nitrogen and oxygen atoms in total. The van der Waals surface area contributed by atoms with E-state index in [1.165, 1.54) is 37.1 Å². The second-order valence-corrected chi connectivity index (χ2v) is 10.7. The summed E-state index contributed by atoms with van der Waals surface area (Å²) in [4.78, 5) is 12.3. The van der Waals surface area contributed by atoms with Crippen molar-refractivity contribution < 1.29 is 10.7 Å². The van der Waals surface area contributed by atoms with Gasteiger partial charge in [-0.3, -0.25) is 4.79 Å². The summed E-state index contributed by atoms with van der Waals surface area (Å²) in [6, 6.07) is -0.181. The van der Waals surface area contributed by atoms with E-state index in [1.807, 2.05) is 11.7 Å². The van der Waals surface area contributed by atoms with Crippen molar-refractivity contribution in [1.29, 1.82) is 0 Å². The zero-order valence-corrected chi connectivity index (χ0v) is 22.0. The molecule has 0 amide bonds. The molecule has 0 bridgehead atoms. The number of carbonyl (C=O) groups is 1. The van der Waals surface area contributed by atoms with Crippen molar-refractivity contribution >= 4 is 11.5 Å². The predicted molar refractivity (Wildman–Crippen MR) is 140 cm³/mol. The minimum atomic E-state index is -0.181. The molecule has 3 rings (SSSR count). The normalized spacial score (nSPS) is 20.1. The Bertz CT molecular complexity index is 865. The molecule has 2 unspecified atom stereocenters. The van der Waals surface area contributed by atoms with Crippen LogP contribution in [0.25, 0.3) is 5.70 Å². The highest BCUT2D eigenvalue weighted by Gasteiger charge is 2.45. The highest BCUT2D eigenvalue weighted by atomic mass is 16.1. The van der Waals surface area contributed by atoms with E-state index >= 15 is 0 Å². The zero-order chi connectivity index (χ0) is 24.6. The van der Waals surface area contributed by atoms with E-state index in [4.69, 9.17) is 0 Å². The lowest BCUT2D eigenvalue weighted by Crippen LogP contribution is -2.35. The van der Waals surface area contributed by atoms with Gasteiger partial charge in [0, 0.05) is 13.0 Å². The smallest absolute Gasteiger partial charge is 0.175 e. The molecular formula is C27H48N5O+. The van der Waals surface area contributed by atoms with Crippen molar-refractivity contribution in [2.24, 2.45) is 11.8 Å². The van der Waals surface area contributed by atoms with E-state index < -0.39 is 0 Å². The first-order valence-electron chi connectivity index (χ1n) is 12.6. The summed E-state index contributed by atoms with van der Waals surface area (Å²) in [7, 11) is 8.57. The highest BCUT2D eigenvalue weighted by molar-refractivity contribution is 5.98. The fourth-order valence-electron chi connectivity index (χ4n) is 4.30. The van der Waals surface area contributed by atoms with Gasteiger partial charge in [-0.25, -0.2) is 4.68 Å². The molecule has 1 heterocycles. The molecule has 1 aromatic rings. The molecular weight excluding hydrogens is 410 g/mol. The Hall–Kier alpha value is -2.05. The summed E-state index contributed by atoms with van der Waals surface area (Å²) in [5, 5.41) is 11.9. The number of aryl methyl sites for hydroxylation is 1. The average Bonchev–Trinajstić information content (AvgIpc) is 3.42. The van der Waals surface area contributed by atoms with Gasteiger partial charge in [-0.05, 0) is 70.1 Å². The molecule has 33 heavy (non-hydrogen) atoms. The van der Waals surface area contributed by atoms with E-state index in [0.717, 1.165) is 35.9 Å². The third kappa shape index (κ3) is 8.35. The number of aromatic nitrogens is 3. The Morgan fingerprint density at radius 1 is 1.24 bits per heavy atom. The lowest BCUT2D eigenvalue weighted by Gasteiger charge is -2.23. The molecule has 3 atom stereocenters. The molecule has 1 aromatic heterocycles. The number of nitrogens with zero attached hydrogens (tertiary/aromatic N) is 4. The quantitative estimate of drug-likeness (QED) is 0.275. The fourth-order valence-corrected chi connectivity index (χ4v) is 4.30. The lowest BCUT2D eigenvalue weighted by atomic mass is 9.93. The number of rotatable bonds is 12. The van der Waals surface area contributed by atoms with E-state index in [9.17, 15) is 4.79 Å². The van der Waals surface area contributed by atoms with Gasteiger partial charge in [-0.1, -0.05) is 43.7 Å². The van der Waals surface area contributed by atoms with Crippen molar-refractivity contribution in [2.75, 3.05) is 34.7 Å². The van der Waals surface area contributed by atoms with Gasteiger partial charge in [0.15, 0.2) is 5.78 Å². The number of quaternary nitrogens is 1. The first-order chi connectivity index (χ1) is 15.6. The monoisotopic (exact) mass is 458 g/mol. The minimum Gasteiger partial charge on any atom is -0.331 e. The molecule has 0 saturated heterocycles. The summed E-state index contributed by atoms with van der Waals surface area (Å²) in [6.07, 6.45) is 14.2. The first kappa shape index (κ1) is 27.2. The second-order valence-electron chi connectivity index (χ2n) is 10.7. The van der Waals surface area contributed by atoms with Crippen LogP contribution >= 0.6 is 0 Å². The zero-order valence-electron chi connectivity index (χ0n) is 22.0. The Kier molecular flexibility index (Phi) is 10.2. The predicted octanol–water partition coefficient (Wildman–Crippen LogP) is 4.90. The van der Waals surface area contributed by atoms with E-state index in [1.54, 1.807) is 6.92 Å². The van der Waals surface area contributed by atoms with Crippen molar-refractivity contribution in [3.05, 3.63) is 41.8 Å². The third-order valence-corrected chi connectivity index (χ3v) is 6.21. The maximum atomic E-state index is 12.3. The van der Waals surface area contributed by atoms with Gasteiger partial charge in [0.1, 0.15) is 0 Å². The van der Waals surface area contributed by atoms with Crippen molar-refractivity contribution in [1.82, 2.24) is 20.3 Å². The number of likely N-dealkylation sites (N-methyl/N-ethyl adjacent to an activating group) is 1. The minimum absolute atomic E-state index is 0. The van der Waals surface area contributed by atoms with Crippen LogP contribution in [0.2, 0.25) is 0 Å². The molecule has 186 valence electrons.